The van der Waals surface area contributed by atoms with Crippen molar-refractivity contribution in [3.63, 3.8) is 0 Å². The minimum atomic E-state index is 0.369. The largest absolute Gasteiger partial charge is 0.307 e. The number of aryl methyl sites for hydroxylation is 1. The highest BCUT2D eigenvalue weighted by Gasteiger charge is 2.25. The van der Waals surface area contributed by atoms with Crippen molar-refractivity contribution in [3.05, 3.63) is 34.9 Å². The summed E-state index contributed by atoms with van der Waals surface area (Å²) in [5.74, 6) is 0. The molecule has 0 heterocycles. The second kappa shape index (κ2) is 5.22. The molecule has 0 aromatic heterocycles. The summed E-state index contributed by atoms with van der Waals surface area (Å²) in [6.07, 6.45) is 6.85. The predicted molar refractivity (Wildman–Crippen MR) is 74.2 cm³/mol. The Morgan fingerprint density at radius 1 is 1.12 bits per heavy atom. The van der Waals surface area contributed by atoms with Crippen LogP contribution in [0, 0.1) is 13.8 Å². The molecule has 1 aromatic carbocycles. The molecule has 2 rings (SSSR count). The van der Waals surface area contributed by atoms with Gasteiger partial charge in [0, 0.05) is 12.1 Å². The van der Waals surface area contributed by atoms with Crippen molar-refractivity contribution < 1.29 is 0 Å². The maximum Gasteiger partial charge on any atom is 0.0213 e. The van der Waals surface area contributed by atoms with Crippen LogP contribution < -0.4 is 5.32 Å². The topological polar surface area (TPSA) is 12.0 Å². The Hall–Kier alpha value is -0.820. The van der Waals surface area contributed by atoms with Gasteiger partial charge in [-0.25, -0.2) is 0 Å². The Balaban J connectivity index is 1.99. The molecule has 1 saturated carbocycles. The molecular weight excluding hydrogens is 206 g/mol. The highest BCUT2D eigenvalue weighted by atomic mass is 15.0. The molecule has 0 radical (unpaired) electrons. The molecule has 0 bridgehead atoms. The molecule has 0 amide bonds. The number of hydrogen-bond acceptors (Lipinski definition) is 1. The lowest BCUT2D eigenvalue weighted by atomic mass is 9.83. The second-order valence-corrected chi connectivity index (χ2v) is 5.83. The minimum Gasteiger partial charge on any atom is -0.307 e. The molecule has 94 valence electrons. The van der Waals surface area contributed by atoms with Crippen molar-refractivity contribution in [1.29, 1.82) is 0 Å². The maximum absolute atomic E-state index is 3.78. The van der Waals surface area contributed by atoms with E-state index in [-0.39, 0.29) is 0 Å². The SMILES string of the molecule is Cc1cccc(CNC2(C)CCCCC2)c1C. The molecule has 1 aliphatic rings. The van der Waals surface area contributed by atoms with Gasteiger partial charge in [-0.1, -0.05) is 37.5 Å². The zero-order chi connectivity index (χ0) is 12.3. The van der Waals surface area contributed by atoms with Gasteiger partial charge >= 0.3 is 0 Å². The van der Waals surface area contributed by atoms with Crippen LogP contribution in [0.2, 0.25) is 0 Å². The Bertz CT molecular complexity index is 375. The number of nitrogens with one attached hydrogen (secondary N) is 1. The van der Waals surface area contributed by atoms with Gasteiger partial charge in [-0.15, -0.1) is 0 Å². The Morgan fingerprint density at radius 3 is 2.53 bits per heavy atom. The minimum absolute atomic E-state index is 0.369. The van der Waals surface area contributed by atoms with Gasteiger partial charge in [0.2, 0.25) is 0 Å². The lowest BCUT2D eigenvalue weighted by molar-refractivity contribution is 0.252. The summed E-state index contributed by atoms with van der Waals surface area (Å²) in [6.45, 7) is 7.83. The standard InChI is InChI=1S/C16H25N/c1-13-8-7-9-15(14(13)2)12-17-16(3)10-5-4-6-11-16/h7-9,17H,4-6,10-12H2,1-3H3. The Morgan fingerprint density at radius 2 is 1.82 bits per heavy atom. The monoisotopic (exact) mass is 231 g/mol. The van der Waals surface area contributed by atoms with Gasteiger partial charge in [0.15, 0.2) is 0 Å². The maximum atomic E-state index is 3.78. The van der Waals surface area contributed by atoms with Gasteiger partial charge in [0.1, 0.15) is 0 Å². The molecule has 1 N–H and O–H groups in total. The number of hydrogen-bond donors (Lipinski definition) is 1. The summed E-state index contributed by atoms with van der Waals surface area (Å²) in [5.41, 5.74) is 4.67. The van der Waals surface area contributed by atoms with Crippen LogP contribution in [-0.4, -0.2) is 5.54 Å². The fourth-order valence-electron chi connectivity index (χ4n) is 2.82. The van der Waals surface area contributed by atoms with E-state index in [0.717, 1.165) is 6.54 Å². The Labute approximate surface area is 106 Å². The first-order valence-corrected chi connectivity index (χ1v) is 6.91. The van der Waals surface area contributed by atoms with Gasteiger partial charge in [0.25, 0.3) is 0 Å². The number of rotatable bonds is 3. The fraction of sp³-hybridized carbons (Fsp3) is 0.625. The molecule has 1 aromatic rings. The van der Waals surface area contributed by atoms with Crippen LogP contribution in [0.4, 0.5) is 0 Å². The molecule has 0 saturated heterocycles. The fourth-order valence-corrected chi connectivity index (χ4v) is 2.82. The van der Waals surface area contributed by atoms with Crippen LogP contribution in [0.25, 0.3) is 0 Å². The first-order valence-electron chi connectivity index (χ1n) is 6.91. The van der Waals surface area contributed by atoms with E-state index >= 15 is 0 Å². The van der Waals surface area contributed by atoms with E-state index in [1.165, 1.54) is 48.8 Å². The first-order chi connectivity index (χ1) is 8.11. The molecule has 1 heteroatoms. The predicted octanol–water partition coefficient (Wildman–Crippen LogP) is 4.12. The average Bonchev–Trinajstić information content (AvgIpc) is 2.32. The molecule has 1 fully saturated rings. The highest BCUT2D eigenvalue weighted by Crippen LogP contribution is 2.28. The van der Waals surface area contributed by atoms with Crippen molar-refractivity contribution in [2.24, 2.45) is 0 Å². The molecule has 1 aliphatic carbocycles. The summed E-state index contributed by atoms with van der Waals surface area (Å²) >= 11 is 0. The summed E-state index contributed by atoms with van der Waals surface area (Å²) in [6, 6.07) is 6.62. The van der Waals surface area contributed by atoms with Crippen molar-refractivity contribution in [2.45, 2.75) is 65.0 Å². The summed E-state index contributed by atoms with van der Waals surface area (Å²) in [7, 11) is 0. The van der Waals surface area contributed by atoms with Crippen LogP contribution in [-0.2, 0) is 6.54 Å². The summed E-state index contributed by atoms with van der Waals surface area (Å²) in [5, 5.41) is 3.78. The molecule has 0 unspecified atom stereocenters. The van der Waals surface area contributed by atoms with E-state index in [1.54, 1.807) is 0 Å². The van der Waals surface area contributed by atoms with Crippen molar-refractivity contribution in [3.8, 4) is 0 Å². The average molecular weight is 231 g/mol. The second-order valence-electron chi connectivity index (χ2n) is 5.83. The van der Waals surface area contributed by atoms with Gasteiger partial charge < -0.3 is 5.32 Å². The molecular formula is C16H25N. The summed E-state index contributed by atoms with van der Waals surface area (Å²) in [4.78, 5) is 0. The van der Waals surface area contributed by atoms with Crippen LogP contribution in [0.15, 0.2) is 18.2 Å². The Kier molecular flexibility index (Phi) is 3.88. The van der Waals surface area contributed by atoms with E-state index in [4.69, 9.17) is 0 Å². The summed E-state index contributed by atoms with van der Waals surface area (Å²) < 4.78 is 0. The van der Waals surface area contributed by atoms with Crippen molar-refractivity contribution in [2.75, 3.05) is 0 Å². The zero-order valence-corrected chi connectivity index (χ0v) is 11.5. The van der Waals surface area contributed by atoms with Crippen LogP contribution in [0.3, 0.4) is 0 Å². The lowest BCUT2D eigenvalue weighted by Crippen LogP contribution is -2.43. The lowest BCUT2D eigenvalue weighted by Gasteiger charge is -2.35. The molecule has 0 aliphatic heterocycles. The van der Waals surface area contributed by atoms with Crippen LogP contribution in [0.5, 0.6) is 0 Å². The molecule has 0 spiro atoms. The first kappa shape index (κ1) is 12.6. The van der Waals surface area contributed by atoms with E-state index in [1.807, 2.05) is 0 Å². The third-order valence-corrected chi connectivity index (χ3v) is 4.38. The van der Waals surface area contributed by atoms with E-state index in [2.05, 4.69) is 44.3 Å². The molecule has 1 nitrogen and oxygen atoms in total. The van der Waals surface area contributed by atoms with Crippen molar-refractivity contribution >= 4 is 0 Å². The van der Waals surface area contributed by atoms with Crippen LogP contribution >= 0.6 is 0 Å². The third-order valence-electron chi connectivity index (χ3n) is 4.38. The quantitative estimate of drug-likeness (QED) is 0.825. The van der Waals surface area contributed by atoms with Crippen molar-refractivity contribution in [1.82, 2.24) is 5.32 Å². The van der Waals surface area contributed by atoms with Crippen LogP contribution in [0.1, 0.15) is 55.7 Å². The normalized spacial score (nSPS) is 19.2. The van der Waals surface area contributed by atoms with Gasteiger partial charge in [-0.2, -0.15) is 0 Å². The van der Waals surface area contributed by atoms with E-state index in [9.17, 15) is 0 Å². The van der Waals surface area contributed by atoms with E-state index in [0.29, 0.717) is 5.54 Å². The smallest absolute Gasteiger partial charge is 0.0213 e. The van der Waals surface area contributed by atoms with E-state index < -0.39 is 0 Å². The molecule has 0 atom stereocenters. The highest BCUT2D eigenvalue weighted by molar-refractivity contribution is 5.33. The van der Waals surface area contributed by atoms with Gasteiger partial charge in [-0.05, 0) is 50.3 Å². The number of benzene rings is 1. The molecule has 17 heavy (non-hydrogen) atoms. The van der Waals surface area contributed by atoms with Gasteiger partial charge in [0.05, 0.1) is 0 Å². The third kappa shape index (κ3) is 3.10. The zero-order valence-electron chi connectivity index (χ0n) is 11.5. The van der Waals surface area contributed by atoms with Gasteiger partial charge in [-0.3, -0.25) is 0 Å².